The average Bonchev–Trinajstić information content (AvgIpc) is 2.77. The van der Waals surface area contributed by atoms with E-state index in [0.29, 0.717) is 10.9 Å². The number of hydrogen-bond acceptors (Lipinski definition) is 5. The van der Waals surface area contributed by atoms with E-state index in [2.05, 4.69) is 10.1 Å². The van der Waals surface area contributed by atoms with Crippen molar-refractivity contribution in [1.82, 2.24) is 14.8 Å². The van der Waals surface area contributed by atoms with Gasteiger partial charge in [0.2, 0.25) is 0 Å². The Hall–Kier alpha value is -2.98. The number of halogens is 3. The molecule has 23 heavy (non-hydrogen) atoms. The van der Waals surface area contributed by atoms with Gasteiger partial charge in [-0.1, -0.05) is 0 Å². The molecule has 2 N–H and O–H groups in total. The van der Waals surface area contributed by atoms with E-state index in [1.165, 1.54) is 17.8 Å². The van der Waals surface area contributed by atoms with Crippen LogP contribution in [0.3, 0.4) is 0 Å². The van der Waals surface area contributed by atoms with Crippen molar-refractivity contribution in [3.63, 3.8) is 0 Å². The summed E-state index contributed by atoms with van der Waals surface area (Å²) in [6.07, 6.45) is -2.04. The molecule has 2 rings (SSSR count). The Morgan fingerprint density at radius 1 is 1.26 bits per heavy atom. The first-order valence-electron chi connectivity index (χ1n) is 5.87. The fraction of sp³-hybridized carbons (Fsp3) is 0.250. The highest BCUT2D eigenvalue weighted by Gasteiger charge is 2.38. The van der Waals surface area contributed by atoms with Crippen LogP contribution in [0.15, 0.2) is 18.5 Å². The molecule has 0 unspecified atom stereocenters. The van der Waals surface area contributed by atoms with Crippen LogP contribution in [0.1, 0.15) is 17.4 Å². The number of fused-ring (bicyclic) bond motifs is 1. The second-order valence-corrected chi connectivity index (χ2v) is 4.15. The van der Waals surface area contributed by atoms with Gasteiger partial charge in [0.15, 0.2) is 5.78 Å². The number of alkyl halides is 3. The SMILES string of the molecule is CC(=O)c1nn(CC(=O)O)c2cnccc12.O=C(O)C(F)(F)F. The molecule has 11 heteroatoms. The van der Waals surface area contributed by atoms with Crippen LogP contribution in [-0.4, -0.2) is 48.9 Å². The molecule has 0 atom stereocenters. The van der Waals surface area contributed by atoms with Gasteiger partial charge in [-0.25, -0.2) is 4.79 Å². The number of carboxylic acids is 2. The lowest BCUT2D eigenvalue weighted by Gasteiger charge is -1.96. The number of ketones is 1. The van der Waals surface area contributed by atoms with E-state index < -0.39 is 18.1 Å². The number of aliphatic carboxylic acids is 2. The molecule has 0 spiro atoms. The lowest BCUT2D eigenvalue weighted by Crippen LogP contribution is -2.21. The fourth-order valence-corrected chi connectivity index (χ4v) is 1.53. The molecule has 0 saturated carbocycles. The lowest BCUT2D eigenvalue weighted by molar-refractivity contribution is -0.192. The predicted molar refractivity (Wildman–Crippen MR) is 68.9 cm³/mol. The molecule has 0 radical (unpaired) electrons. The summed E-state index contributed by atoms with van der Waals surface area (Å²) in [6, 6.07) is 1.65. The van der Waals surface area contributed by atoms with Gasteiger partial charge in [-0.05, 0) is 6.07 Å². The standard InChI is InChI=1S/C10H9N3O3.C2HF3O2/c1-6(14)10-7-2-3-11-4-8(7)13(12-10)5-9(15)16;3-2(4,5)1(6)7/h2-4H,5H2,1H3,(H,15,16);(H,6,7). The third-order valence-electron chi connectivity index (χ3n) is 2.41. The van der Waals surface area contributed by atoms with Gasteiger partial charge in [-0.2, -0.15) is 18.3 Å². The van der Waals surface area contributed by atoms with E-state index >= 15 is 0 Å². The molecular weight excluding hydrogens is 323 g/mol. The fourth-order valence-electron chi connectivity index (χ4n) is 1.53. The van der Waals surface area contributed by atoms with Crippen LogP contribution in [0.4, 0.5) is 13.2 Å². The Morgan fingerprint density at radius 2 is 1.83 bits per heavy atom. The number of rotatable bonds is 3. The first-order chi connectivity index (χ1) is 10.5. The zero-order chi connectivity index (χ0) is 17.8. The Labute approximate surface area is 126 Å². The minimum atomic E-state index is -5.08. The number of carbonyl (C=O) groups is 3. The smallest absolute Gasteiger partial charge is 0.480 e. The zero-order valence-corrected chi connectivity index (χ0v) is 11.5. The summed E-state index contributed by atoms with van der Waals surface area (Å²) in [5.41, 5.74) is 0.828. The van der Waals surface area contributed by atoms with Crippen LogP contribution in [0.25, 0.3) is 10.9 Å². The van der Waals surface area contributed by atoms with Crippen molar-refractivity contribution < 1.29 is 37.8 Å². The number of carboxylic acid groups (broad SMARTS) is 2. The second-order valence-electron chi connectivity index (χ2n) is 4.15. The summed E-state index contributed by atoms with van der Waals surface area (Å²) in [4.78, 5) is 34.7. The molecule has 124 valence electrons. The van der Waals surface area contributed by atoms with Crippen LogP contribution in [0.5, 0.6) is 0 Å². The number of nitrogens with zero attached hydrogens (tertiary/aromatic N) is 3. The summed E-state index contributed by atoms with van der Waals surface area (Å²) in [5, 5.41) is 20.4. The van der Waals surface area contributed by atoms with E-state index in [0.717, 1.165) is 0 Å². The first-order valence-corrected chi connectivity index (χ1v) is 5.87. The molecule has 0 aliphatic heterocycles. The largest absolute Gasteiger partial charge is 0.490 e. The van der Waals surface area contributed by atoms with Crippen molar-refractivity contribution in [3.8, 4) is 0 Å². The molecule has 2 heterocycles. The number of hydrogen-bond donors (Lipinski definition) is 2. The normalized spacial score (nSPS) is 10.8. The van der Waals surface area contributed by atoms with Gasteiger partial charge in [0.05, 0.1) is 11.7 Å². The molecular formula is C12H10F3N3O5. The van der Waals surface area contributed by atoms with Gasteiger partial charge in [-0.15, -0.1) is 0 Å². The Morgan fingerprint density at radius 3 is 2.26 bits per heavy atom. The number of aromatic nitrogens is 3. The minimum absolute atomic E-state index is 0.194. The topological polar surface area (TPSA) is 122 Å². The maximum atomic E-state index is 11.3. The highest BCUT2D eigenvalue weighted by molar-refractivity contribution is 6.04. The van der Waals surface area contributed by atoms with Crippen LogP contribution < -0.4 is 0 Å². The Bertz CT molecular complexity index is 754. The van der Waals surface area contributed by atoms with Gasteiger partial charge in [0.1, 0.15) is 12.2 Å². The number of pyridine rings is 1. The van der Waals surface area contributed by atoms with Crippen molar-refractivity contribution in [2.45, 2.75) is 19.6 Å². The number of Topliss-reactive ketones (excluding diaryl/α,β-unsaturated/α-hetero) is 1. The third-order valence-corrected chi connectivity index (χ3v) is 2.41. The molecule has 0 saturated heterocycles. The summed E-state index contributed by atoms with van der Waals surface area (Å²) in [5.74, 6) is -3.96. The first kappa shape index (κ1) is 18.1. The molecule has 0 fully saturated rings. The van der Waals surface area contributed by atoms with Crippen molar-refractivity contribution >= 4 is 28.6 Å². The summed E-state index contributed by atoms with van der Waals surface area (Å²) < 4.78 is 33.0. The number of carbonyl (C=O) groups excluding carboxylic acids is 1. The van der Waals surface area contributed by atoms with Crippen LogP contribution >= 0.6 is 0 Å². The molecule has 0 aliphatic rings. The highest BCUT2D eigenvalue weighted by atomic mass is 19.4. The summed E-state index contributed by atoms with van der Waals surface area (Å²) >= 11 is 0. The van der Waals surface area contributed by atoms with Crippen LogP contribution in [0.2, 0.25) is 0 Å². The van der Waals surface area contributed by atoms with Crippen molar-refractivity contribution in [2.24, 2.45) is 0 Å². The highest BCUT2D eigenvalue weighted by Crippen LogP contribution is 2.17. The minimum Gasteiger partial charge on any atom is -0.480 e. The lowest BCUT2D eigenvalue weighted by atomic mass is 10.2. The second kappa shape index (κ2) is 6.85. The van der Waals surface area contributed by atoms with E-state index in [1.54, 1.807) is 12.3 Å². The Kier molecular flexibility index (Phi) is 5.38. The van der Waals surface area contributed by atoms with Gasteiger partial charge < -0.3 is 10.2 Å². The van der Waals surface area contributed by atoms with Gasteiger partial charge >= 0.3 is 18.1 Å². The molecule has 0 aromatic carbocycles. The van der Waals surface area contributed by atoms with Gasteiger partial charge in [0, 0.05) is 18.5 Å². The van der Waals surface area contributed by atoms with E-state index in [1.807, 2.05) is 0 Å². The maximum absolute atomic E-state index is 11.3. The van der Waals surface area contributed by atoms with Crippen molar-refractivity contribution in [2.75, 3.05) is 0 Å². The third kappa shape index (κ3) is 4.76. The van der Waals surface area contributed by atoms with E-state index in [-0.39, 0.29) is 18.0 Å². The monoisotopic (exact) mass is 333 g/mol. The van der Waals surface area contributed by atoms with E-state index in [9.17, 15) is 22.8 Å². The zero-order valence-electron chi connectivity index (χ0n) is 11.5. The molecule has 0 amide bonds. The van der Waals surface area contributed by atoms with Gasteiger partial charge in [-0.3, -0.25) is 19.3 Å². The molecule has 2 aromatic rings. The maximum Gasteiger partial charge on any atom is 0.490 e. The molecule has 8 nitrogen and oxygen atoms in total. The van der Waals surface area contributed by atoms with Crippen LogP contribution in [-0.2, 0) is 16.1 Å². The van der Waals surface area contributed by atoms with Crippen molar-refractivity contribution in [3.05, 3.63) is 24.2 Å². The van der Waals surface area contributed by atoms with E-state index in [4.69, 9.17) is 15.0 Å². The predicted octanol–water partition coefficient (Wildman–Crippen LogP) is 1.35. The summed E-state index contributed by atoms with van der Waals surface area (Å²) in [6.45, 7) is 1.11. The Balaban J connectivity index is 0.000000322. The van der Waals surface area contributed by atoms with Crippen LogP contribution in [0, 0.1) is 0 Å². The van der Waals surface area contributed by atoms with Gasteiger partial charge in [0.25, 0.3) is 0 Å². The molecule has 2 aromatic heterocycles. The molecule has 0 bridgehead atoms. The summed E-state index contributed by atoms with van der Waals surface area (Å²) in [7, 11) is 0. The quantitative estimate of drug-likeness (QED) is 0.813. The van der Waals surface area contributed by atoms with Crippen molar-refractivity contribution in [1.29, 1.82) is 0 Å². The molecule has 0 aliphatic carbocycles. The average molecular weight is 333 g/mol.